The number of rotatable bonds is 6. The maximum atomic E-state index is 12.0. The minimum absolute atomic E-state index is 0.0111. The topological polar surface area (TPSA) is 63.4 Å². The van der Waals surface area contributed by atoms with Crippen LogP contribution in [0, 0.1) is 5.92 Å². The molecule has 0 spiro atoms. The van der Waals surface area contributed by atoms with E-state index in [0.29, 0.717) is 0 Å². The smallest absolute Gasteiger partial charge is 0.237 e. The van der Waals surface area contributed by atoms with E-state index in [1.54, 1.807) is 0 Å². The van der Waals surface area contributed by atoms with Crippen molar-refractivity contribution in [3.8, 4) is 0 Å². The Morgan fingerprint density at radius 1 is 1.63 bits per heavy atom. The molecule has 2 N–H and O–H groups in total. The monoisotopic (exact) mass is 394 g/mol. The summed E-state index contributed by atoms with van der Waals surface area (Å²) in [7, 11) is 0.895. The molecular formula is C12H21BIN2O2P. The molecule has 0 bridgehead atoms. The van der Waals surface area contributed by atoms with Crippen LogP contribution in [0.1, 0.15) is 33.6 Å². The molecule has 0 aromatic heterocycles. The molecule has 1 heterocycles. The van der Waals surface area contributed by atoms with Crippen LogP contribution < -0.4 is 5.73 Å². The van der Waals surface area contributed by atoms with E-state index >= 15 is 0 Å². The molecule has 19 heavy (non-hydrogen) atoms. The number of nitrogens with two attached hydrogens (primary N) is 1. The van der Waals surface area contributed by atoms with Crippen LogP contribution in [-0.2, 0) is 9.59 Å². The van der Waals surface area contributed by atoms with Crippen molar-refractivity contribution in [1.82, 2.24) is 4.90 Å². The number of nitrogens with zero attached hydrogens (tertiary/aromatic N) is 1. The van der Waals surface area contributed by atoms with Gasteiger partial charge >= 0.3 is 0 Å². The van der Waals surface area contributed by atoms with E-state index in [2.05, 4.69) is 36.2 Å². The van der Waals surface area contributed by atoms with Crippen molar-refractivity contribution in [2.45, 2.75) is 38.8 Å². The normalized spacial score (nSPS) is 21.8. The van der Waals surface area contributed by atoms with E-state index in [4.69, 9.17) is 5.73 Å². The molecule has 2 atom stereocenters. The minimum Gasteiger partial charge on any atom is -0.313 e. The van der Waals surface area contributed by atoms with Crippen molar-refractivity contribution < 1.29 is 9.59 Å². The zero-order valence-corrected chi connectivity index (χ0v) is 14.9. The first-order valence-electron chi connectivity index (χ1n) is 6.33. The molecular weight excluding hydrogens is 373 g/mol. The Bertz CT molecular complexity index is 401. The molecule has 2 amide bonds. The largest absolute Gasteiger partial charge is 0.313 e. The fourth-order valence-corrected chi connectivity index (χ4v) is 6.24. The van der Waals surface area contributed by atoms with E-state index in [0.717, 1.165) is 24.6 Å². The minimum atomic E-state index is -0.310. The maximum Gasteiger partial charge on any atom is 0.237 e. The Balaban J connectivity index is 2.70. The Hall–Kier alpha value is 0.0649. The molecule has 0 saturated carbocycles. The highest BCUT2D eigenvalue weighted by Crippen LogP contribution is 2.37. The second-order valence-corrected chi connectivity index (χ2v) is 9.80. The quantitative estimate of drug-likeness (QED) is 0.246. The van der Waals surface area contributed by atoms with Crippen LogP contribution in [0.4, 0.5) is 0 Å². The summed E-state index contributed by atoms with van der Waals surface area (Å²) >= 11 is 2.40. The first-order chi connectivity index (χ1) is 8.80. The van der Waals surface area contributed by atoms with Crippen LogP contribution in [0.2, 0.25) is 0 Å². The molecule has 106 valence electrons. The first kappa shape index (κ1) is 17.1. The highest BCUT2D eigenvalue weighted by molar-refractivity contribution is 14.1. The lowest BCUT2D eigenvalue weighted by Crippen LogP contribution is -2.35. The average Bonchev–Trinajstić information content (AvgIpc) is 2.52. The number of likely N-dealkylation sites (tertiary alicyclic amines) is 1. The number of hydrogen-bond donors (Lipinski definition) is 1. The average molecular weight is 394 g/mol. The van der Waals surface area contributed by atoms with Crippen molar-refractivity contribution in [3.63, 3.8) is 0 Å². The van der Waals surface area contributed by atoms with Gasteiger partial charge in [0.2, 0.25) is 16.7 Å². The summed E-state index contributed by atoms with van der Waals surface area (Å²) in [6.07, 6.45) is 3.19. The highest BCUT2D eigenvalue weighted by Gasteiger charge is 2.36. The molecule has 0 aliphatic carbocycles. The molecule has 4 nitrogen and oxygen atoms in total. The fourth-order valence-electron chi connectivity index (χ4n) is 2.37. The fraction of sp³-hybridized carbons (Fsp3) is 0.667. The number of amides is 2. The Morgan fingerprint density at radius 3 is 2.74 bits per heavy atom. The van der Waals surface area contributed by atoms with Gasteiger partial charge in [0.05, 0.1) is 12.6 Å². The summed E-state index contributed by atoms with van der Waals surface area (Å²) in [5.41, 5.74) is 6.60. The molecule has 2 unspecified atom stereocenters. The van der Waals surface area contributed by atoms with Crippen LogP contribution in [0.15, 0.2) is 11.6 Å². The third kappa shape index (κ3) is 4.83. The molecule has 0 radical (unpaired) electrons. The molecule has 0 aromatic rings. The molecule has 1 fully saturated rings. The van der Waals surface area contributed by atoms with Gasteiger partial charge in [-0.1, -0.05) is 25.5 Å². The molecule has 0 aromatic carbocycles. The zero-order valence-electron chi connectivity index (χ0n) is 11.7. The highest BCUT2D eigenvalue weighted by atomic mass is 127. The maximum absolute atomic E-state index is 12.0. The van der Waals surface area contributed by atoms with Crippen molar-refractivity contribution in [3.05, 3.63) is 11.6 Å². The van der Waals surface area contributed by atoms with Crippen LogP contribution in [0.25, 0.3) is 0 Å². The number of halogens is 1. The predicted molar refractivity (Wildman–Crippen MR) is 91.0 cm³/mol. The molecule has 7 heteroatoms. The summed E-state index contributed by atoms with van der Waals surface area (Å²) < 4.78 is 0. The SMILES string of the molecule is C/C(=C\C1CC(=O)N(CN)C1=O)CC(C)(C)PBI. The van der Waals surface area contributed by atoms with Crippen molar-refractivity contribution in [2.24, 2.45) is 11.7 Å². The van der Waals surface area contributed by atoms with Gasteiger partial charge in [-0.3, -0.25) is 14.5 Å². The number of carbonyl (C=O) groups is 2. The van der Waals surface area contributed by atoms with E-state index < -0.39 is 0 Å². The number of allylic oxidation sites excluding steroid dienone is 1. The van der Waals surface area contributed by atoms with Gasteiger partial charge in [0.15, 0.2) is 0 Å². The van der Waals surface area contributed by atoms with Gasteiger partial charge in [-0.15, -0.1) is 30.8 Å². The van der Waals surface area contributed by atoms with E-state index in [-0.39, 0.29) is 36.0 Å². The lowest BCUT2D eigenvalue weighted by Gasteiger charge is -2.24. The van der Waals surface area contributed by atoms with E-state index in [1.165, 1.54) is 5.57 Å². The van der Waals surface area contributed by atoms with Gasteiger partial charge in [0.1, 0.15) is 0 Å². The van der Waals surface area contributed by atoms with Gasteiger partial charge in [0.25, 0.3) is 0 Å². The summed E-state index contributed by atoms with van der Waals surface area (Å²) in [6.45, 7) is 6.52. The van der Waals surface area contributed by atoms with Crippen LogP contribution in [-0.4, -0.2) is 33.4 Å². The van der Waals surface area contributed by atoms with Gasteiger partial charge in [0, 0.05) is 6.42 Å². The summed E-state index contributed by atoms with van der Waals surface area (Å²) in [4.78, 5) is 25.8. The second-order valence-electron chi connectivity index (χ2n) is 5.54. The van der Waals surface area contributed by atoms with Crippen LogP contribution >= 0.6 is 30.8 Å². The standard InChI is InChI=1S/C12H21BIN2O2P/c1-8(6-12(2,3)19-13-14)4-9-5-10(17)16(7-15)11(9)18/h4,9,13,19H,5-7,15H2,1-3H3/b8-4+. The Morgan fingerprint density at radius 2 is 2.26 bits per heavy atom. The number of carbonyl (C=O) groups excluding carboxylic acids is 2. The Labute approximate surface area is 130 Å². The van der Waals surface area contributed by atoms with Gasteiger partial charge in [-0.2, -0.15) is 0 Å². The number of imide groups is 1. The van der Waals surface area contributed by atoms with Crippen molar-refractivity contribution in [1.29, 1.82) is 0 Å². The predicted octanol–water partition coefficient (Wildman–Crippen LogP) is 1.77. The van der Waals surface area contributed by atoms with Crippen LogP contribution in [0.3, 0.4) is 0 Å². The van der Waals surface area contributed by atoms with E-state index in [9.17, 15) is 9.59 Å². The lowest BCUT2D eigenvalue weighted by atomic mass is 9.98. The summed E-state index contributed by atoms with van der Waals surface area (Å²) in [6, 6.07) is 0. The third-order valence-corrected chi connectivity index (χ3v) is 5.62. The summed E-state index contributed by atoms with van der Waals surface area (Å²) in [5.74, 6) is -0.620. The first-order valence-corrected chi connectivity index (χ1v) is 9.06. The van der Waals surface area contributed by atoms with Crippen molar-refractivity contribution >= 4 is 47.5 Å². The van der Waals surface area contributed by atoms with Gasteiger partial charge in [-0.05, 0) is 18.5 Å². The van der Waals surface area contributed by atoms with Gasteiger partial charge < -0.3 is 5.73 Å². The molecule has 1 aliphatic rings. The number of hydrogen-bond acceptors (Lipinski definition) is 3. The molecule has 1 rings (SSSR count). The third-order valence-electron chi connectivity index (χ3n) is 3.21. The van der Waals surface area contributed by atoms with Crippen molar-refractivity contribution in [2.75, 3.05) is 6.67 Å². The second kappa shape index (κ2) is 7.18. The Kier molecular flexibility index (Phi) is 6.47. The lowest BCUT2D eigenvalue weighted by molar-refractivity contribution is -0.138. The molecule has 1 aliphatic heterocycles. The van der Waals surface area contributed by atoms with E-state index in [1.807, 2.05) is 13.0 Å². The zero-order chi connectivity index (χ0) is 14.6. The van der Waals surface area contributed by atoms with Crippen LogP contribution in [0.5, 0.6) is 0 Å². The molecule has 1 saturated heterocycles. The summed E-state index contributed by atoms with van der Waals surface area (Å²) in [5, 5.41) is 0.265. The van der Waals surface area contributed by atoms with Gasteiger partial charge in [-0.25, -0.2) is 0 Å².